The predicted molar refractivity (Wildman–Crippen MR) is 116 cm³/mol. The Hall–Kier alpha value is -1.61. The molecule has 0 saturated carbocycles. The van der Waals surface area contributed by atoms with Crippen LogP contribution in [0.25, 0.3) is 0 Å². The molecule has 0 aliphatic heterocycles. The van der Waals surface area contributed by atoms with Gasteiger partial charge >= 0.3 is 0 Å². The summed E-state index contributed by atoms with van der Waals surface area (Å²) in [7, 11) is 1.76. The molecule has 1 aromatic heterocycles. The predicted octanol–water partition coefficient (Wildman–Crippen LogP) is 3.75. The van der Waals surface area contributed by atoms with E-state index in [1.54, 1.807) is 24.5 Å². The summed E-state index contributed by atoms with van der Waals surface area (Å²) in [4.78, 5) is 8.80. The number of nitrogens with one attached hydrogen (secondary N) is 2. The topological polar surface area (TPSA) is 58.5 Å². The Morgan fingerprint density at radius 1 is 1.32 bits per heavy atom. The van der Waals surface area contributed by atoms with Crippen molar-refractivity contribution in [3.8, 4) is 5.75 Å². The molecule has 136 valence electrons. The van der Waals surface area contributed by atoms with Gasteiger partial charge < -0.3 is 15.4 Å². The summed E-state index contributed by atoms with van der Waals surface area (Å²) in [5.41, 5.74) is 2.11. The molecular weight excluding hydrogens is 447 g/mol. The van der Waals surface area contributed by atoms with E-state index < -0.39 is 0 Å². The van der Waals surface area contributed by atoms with Crippen LogP contribution in [0.3, 0.4) is 0 Å². The molecule has 1 heterocycles. The van der Waals surface area contributed by atoms with E-state index in [1.165, 1.54) is 0 Å². The number of aryl methyl sites for hydroxylation is 1. The van der Waals surface area contributed by atoms with Gasteiger partial charge in [-0.05, 0) is 12.5 Å². The van der Waals surface area contributed by atoms with Crippen LogP contribution in [-0.4, -0.2) is 24.6 Å². The summed E-state index contributed by atoms with van der Waals surface area (Å²) in [6.07, 6.45) is 2.71. The smallest absolute Gasteiger partial charge is 0.191 e. The Morgan fingerprint density at radius 2 is 2.08 bits per heavy atom. The van der Waals surface area contributed by atoms with Gasteiger partial charge in [0.25, 0.3) is 0 Å². The Labute approximate surface area is 170 Å². The molecule has 7 heteroatoms. The molecule has 5 nitrogen and oxygen atoms in total. The zero-order valence-corrected chi connectivity index (χ0v) is 17.8. The quantitative estimate of drug-likeness (QED) is 0.266. The first-order valence-corrected chi connectivity index (χ1v) is 8.84. The molecule has 2 N–H and O–H groups in total. The van der Waals surface area contributed by atoms with E-state index in [0.29, 0.717) is 19.7 Å². The molecule has 0 fully saturated rings. The van der Waals surface area contributed by atoms with Crippen molar-refractivity contribution in [2.24, 2.45) is 4.99 Å². The Morgan fingerprint density at radius 3 is 2.76 bits per heavy atom. The second-order valence-electron chi connectivity index (χ2n) is 5.07. The molecule has 0 amide bonds. The van der Waals surface area contributed by atoms with E-state index in [9.17, 15) is 0 Å². The standard InChI is InChI=1S/C18H24N4OS.HI/c1-4-10-23-16-9-7-6-8-14(16)11-20-18(19-3)21-12-15-13-24-17(5-2)22-15;/h4,6-9,13H,1,5,10-12H2,2-3H3,(H2,19,20,21);1H. The zero-order chi connectivity index (χ0) is 17.2. The first-order valence-electron chi connectivity index (χ1n) is 7.96. The SMILES string of the molecule is C=CCOc1ccccc1CNC(=NC)NCc1csc(CC)n1.I. The summed E-state index contributed by atoms with van der Waals surface area (Å²) >= 11 is 1.69. The van der Waals surface area contributed by atoms with E-state index in [-0.39, 0.29) is 24.0 Å². The molecule has 1 aromatic carbocycles. The minimum atomic E-state index is 0. The second kappa shape index (κ2) is 11.9. The Balaban J connectivity index is 0.00000312. The lowest BCUT2D eigenvalue weighted by molar-refractivity contribution is 0.358. The average Bonchev–Trinajstić information content (AvgIpc) is 3.09. The fourth-order valence-corrected chi connectivity index (χ4v) is 2.85. The Bertz CT molecular complexity index is 687. The van der Waals surface area contributed by atoms with Crippen LogP contribution in [0.15, 0.2) is 47.3 Å². The lowest BCUT2D eigenvalue weighted by Gasteiger charge is -2.14. The third kappa shape index (κ3) is 7.03. The van der Waals surface area contributed by atoms with Crippen molar-refractivity contribution in [1.29, 1.82) is 0 Å². The minimum absolute atomic E-state index is 0. The van der Waals surface area contributed by atoms with Gasteiger partial charge in [-0.15, -0.1) is 35.3 Å². The first kappa shape index (κ1) is 21.4. The maximum absolute atomic E-state index is 5.67. The number of ether oxygens (including phenoxy) is 1. The number of benzene rings is 1. The van der Waals surface area contributed by atoms with Crippen molar-refractivity contribution in [3.05, 3.63) is 58.6 Å². The molecule has 0 aliphatic carbocycles. The van der Waals surface area contributed by atoms with Crippen molar-refractivity contribution in [3.63, 3.8) is 0 Å². The van der Waals surface area contributed by atoms with E-state index in [1.807, 2.05) is 24.3 Å². The number of hydrogen-bond donors (Lipinski definition) is 2. The van der Waals surface area contributed by atoms with Crippen LogP contribution >= 0.6 is 35.3 Å². The van der Waals surface area contributed by atoms with Crippen LogP contribution < -0.4 is 15.4 Å². The molecule has 0 unspecified atom stereocenters. The molecule has 0 saturated heterocycles. The van der Waals surface area contributed by atoms with Gasteiger partial charge in [0.15, 0.2) is 5.96 Å². The molecule has 0 atom stereocenters. The molecular formula is C18H25IN4OS. The zero-order valence-electron chi connectivity index (χ0n) is 14.6. The number of para-hydroxylation sites is 1. The number of halogens is 1. The van der Waals surface area contributed by atoms with E-state index in [2.05, 4.69) is 39.5 Å². The van der Waals surface area contributed by atoms with E-state index in [4.69, 9.17) is 4.74 Å². The van der Waals surface area contributed by atoms with Crippen LogP contribution in [0.5, 0.6) is 5.75 Å². The summed E-state index contributed by atoms with van der Waals surface area (Å²) in [5, 5.41) is 9.82. The summed E-state index contributed by atoms with van der Waals surface area (Å²) < 4.78 is 5.67. The number of rotatable bonds is 8. The minimum Gasteiger partial charge on any atom is -0.489 e. The maximum atomic E-state index is 5.67. The van der Waals surface area contributed by atoms with Crippen LogP contribution in [0, 0.1) is 0 Å². The van der Waals surface area contributed by atoms with E-state index >= 15 is 0 Å². The van der Waals surface area contributed by atoms with Crippen molar-refractivity contribution in [2.75, 3.05) is 13.7 Å². The van der Waals surface area contributed by atoms with E-state index in [0.717, 1.165) is 34.4 Å². The highest BCUT2D eigenvalue weighted by atomic mass is 127. The van der Waals surface area contributed by atoms with Crippen LogP contribution in [0.2, 0.25) is 0 Å². The third-order valence-corrected chi connectivity index (χ3v) is 4.38. The fourth-order valence-electron chi connectivity index (χ4n) is 2.11. The molecule has 2 rings (SSSR count). The van der Waals surface area contributed by atoms with Crippen molar-refractivity contribution >= 4 is 41.3 Å². The van der Waals surface area contributed by atoms with Gasteiger partial charge in [-0.3, -0.25) is 4.99 Å². The van der Waals surface area contributed by atoms with Gasteiger partial charge in [0.2, 0.25) is 0 Å². The van der Waals surface area contributed by atoms with Gasteiger partial charge in [-0.25, -0.2) is 4.98 Å². The molecule has 25 heavy (non-hydrogen) atoms. The summed E-state index contributed by atoms with van der Waals surface area (Å²) in [6.45, 7) is 7.57. The molecule has 0 spiro atoms. The number of nitrogens with zero attached hydrogens (tertiary/aromatic N) is 2. The molecule has 0 bridgehead atoms. The summed E-state index contributed by atoms with van der Waals surface area (Å²) in [5.74, 6) is 1.59. The highest BCUT2D eigenvalue weighted by Gasteiger charge is 2.05. The van der Waals surface area contributed by atoms with Crippen LogP contribution in [-0.2, 0) is 19.5 Å². The van der Waals surface area contributed by atoms with Crippen molar-refractivity contribution in [2.45, 2.75) is 26.4 Å². The number of guanidine groups is 1. The fraction of sp³-hybridized carbons (Fsp3) is 0.333. The lowest BCUT2D eigenvalue weighted by Crippen LogP contribution is -2.36. The average molecular weight is 472 g/mol. The summed E-state index contributed by atoms with van der Waals surface area (Å²) in [6, 6.07) is 7.95. The van der Waals surface area contributed by atoms with Gasteiger partial charge in [-0.2, -0.15) is 0 Å². The van der Waals surface area contributed by atoms with Crippen molar-refractivity contribution in [1.82, 2.24) is 15.6 Å². The first-order chi connectivity index (χ1) is 11.8. The number of hydrogen-bond acceptors (Lipinski definition) is 4. The highest BCUT2D eigenvalue weighted by Crippen LogP contribution is 2.17. The number of thiazole rings is 1. The maximum Gasteiger partial charge on any atom is 0.191 e. The third-order valence-electron chi connectivity index (χ3n) is 3.34. The molecule has 2 aromatic rings. The lowest BCUT2D eigenvalue weighted by atomic mass is 10.2. The molecule has 0 radical (unpaired) electrons. The van der Waals surface area contributed by atoms with Crippen molar-refractivity contribution < 1.29 is 4.74 Å². The van der Waals surface area contributed by atoms with Crippen LogP contribution in [0.4, 0.5) is 0 Å². The Kier molecular flexibility index (Phi) is 10.2. The van der Waals surface area contributed by atoms with Gasteiger partial charge in [-0.1, -0.05) is 37.8 Å². The number of aliphatic imine (C=N–C) groups is 1. The van der Waals surface area contributed by atoms with Gasteiger partial charge in [0.05, 0.1) is 17.2 Å². The van der Waals surface area contributed by atoms with Gasteiger partial charge in [0, 0.05) is 24.5 Å². The normalized spacial score (nSPS) is 10.7. The highest BCUT2D eigenvalue weighted by molar-refractivity contribution is 14.0. The van der Waals surface area contributed by atoms with Crippen LogP contribution in [0.1, 0.15) is 23.2 Å². The number of aromatic nitrogens is 1. The molecule has 0 aliphatic rings. The van der Waals surface area contributed by atoms with Gasteiger partial charge in [0.1, 0.15) is 12.4 Å². The monoisotopic (exact) mass is 472 g/mol. The largest absolute Gasteiger partial charge is 0.489 e. The second-order valence-corrected chi connectivity index (χ2v) is 6.02.